The molecule has 0 radical (unpaired) electrons. The molecule has 0 amide bonds. The molecule has 0 N–H and O–H groups in total. The van der Waals surface area contributed by atoms with Crippen molar-refractivity contribution in [2.24, 2.45) is 0 Å². The second kappa shape index (κ2) is 10.3. The van der Waals surface area contributed by atoms with E-state index in [-0.39, 0.29) is 11.3 Å². The molecule has 0 bridgehead atoms. The van der Waals surface area contributed by atoms with Crippen LogP contribution in [0.5, 0.6) is 17.2 Å². The fraction of sp³-hybridized carbons (Fsp3) is 0.0714. The summed E-state index contributed by atoms with van der Waals surface area (Å²) in [4.78, 5) is 25.2. The van der Waals surface area contributed by atoms with Crippen molar-refractivity contribution in [1.82, 2.24) is 0 Å². The van der Waals surface area contributed by atoms with Gasteiger partial charge in [-0.1, -0.05) is 54.6 Å². The van der Waals surface area contributed by atoms with E-state index in [2.05, 4.69) is 0 Å². The Morgan fingerprint density at radius 1 is 0.667 bits per heavy atom. The number of ether oxygens (including phenoxy) is 3. The van der Waals surface area contributed by atoms with Gasteiger partial charge in [-0.3, -0.25) is 0 Å². The number of para-hydroxylation sites is 2. The molecule has 0 heterocycles. The van der Waals surface area contributed by atoms with Crippen LogP contribution in [0.4, 0.5) is 0 Å². The summed E-state index contributed by atoms with van der Waals surface area (Å²) in [6, 6.07) is 30.0. The van der Waals surface area contributed by atoms with Gasteiger partial charge in [0.1, 0.15) is 29.4 Å². The molecular weight excluding hydrogens is 416 g/mol. The van der Waals surface area contributed by atoms with Gasteiger partial charge in [0, 0.05) is 0 Å². The van der Waals surface area contributed by atoms with Crippen molar-refractivity contribution in [2.45, 2.75) is 13.5 Å². The highest BCUT2D eigenvalue weighted by Gasteiger charge is 2.18. The summed E-state index contributed by atoms with van der Waals surface area (Å²) in [5.74, 6) is 0.161. The Bertz CT molecular complexity index is 1250. The third kappa shape index (κ3) is 5.86. The first kappa shape index (κ1) is 21.8. The van der Waals surface area contributed by atoms with Crippen molar-refractivity contribution in [1.29, 1.82) is 0 Å². The van der Waals surface area contributed by atoms with Crippen molar-refractivity contribution in [3.8, 4) is 17.2 Å². The van der Waals surface area contributed by atoms with Gasteiger partial charge in [-0.05, 0) is 66.6 Å². The average Bonchev–Trinajstić information content (AvgIpc) is 2.84. The Hall–Kier alpha value is -4.38. The molecule has 0 fully saturated rings. The van der Waals surface area contributed by atoms with Crippen LogP contribution in [0.25, 0.3) is 0 Å². The Kier molecular flexibility index (Phi) is 6.81. The Morgan fingerprint density at radius 3 is 2.12 bits per heavy atom. The van der Waals surface area contributed by atoms with E-state index in [9.17, 15) is 9.59 Å². The molecular formula is C28H22O5. The Labute approximate surface area is 192 Å². The lowest BCUT2D eigenvalue weighted by Crippen LogP contribution is -2.14. The van der Waals surface area contributed by atoms with Crippen LogP contribution in [-0.2, 0) is 6.61 Å². The molecule has 33 heavy (non-hydrogen) atoms. The van der Waals surface area contributed by atoms with Gasteiger partial charge < -0.3 is 14.2 Å². The van der Waals surface area contributed by atoms with E-state index in [1.807, 2.05) is 49.4 Å². The molecule has 0 saturated heterocycles. The molecule has 0 aliphatic rings. The van der Waals surface area contributed by atoms with Crippen LogP contribution in [0.15, 0.2) is 103 Å². The fourth-order valence-electron chi connectivity index (χ4n) is 3.14. The lowest BCUT2D eigenvalue weighted by molar-refractivity contribution is 0.0707. The maximum Gasteiger partial charge on any atom is 0.347 e. The van der Waals surface area contributed by atoms with Crippen molar-refractivity contribution in [2.75, 3.05) is 0 Å². The molecule has 0 spiro atoms. The molecule has 0 aliphatic heterocycles. The minimum Gasteiger partial charge on any atom is -0.489 e. The molecule has 5 nitrogen and oxygen atoms in total. The summed E-state index contributed by atoms with van der Waals surface area (Å²) in [6.45, 7) is 2.39. The van der Waals surface area contributed by atoms with E-state index < -0.39 is 11.9 Å². The van der Waals surface area contributed by atoms with Crippen LogP contribution < -0.4 is 14.2 Å². The molecule has 0 atom stereocenters. The third-order valence-corrected chi connectivity index (χ3v) is 4.85. The van der Waals surface area contributed by atoms with Crippen molar-refractivity contribution < 1.29 is 23.8 Å². The van der Waals surface area contributed by atoms with Crippen LogP contribution in [-0.4, -0.2) is 11.9 Å². The number of hydrogen-bond donors (Lipinski definition) is 0. The highest BCUT2D eigenvalue weighted by molar-refractivity contribution is 5.97. The molecule has 0 saturated carbocycles. The highest BCUT2D eigenvalue weighted by atomic mass is 16.5. The molecule has 4 aromatic carbocycles. The number of benzene rings is 4. The Balaban J connectivity index is 1.40. The summed E-state index contributed by atoms with van der Waals surface area (Å²) in [6.07, 6.45) is 0. The third-order valence-electron chi connectivity index (χ3n) is 4.85. The van der Waals surface area contributed by atoms with E-state index in [0.29, 0.717) is 17.9 Å². The fourth-order valence-corrected chi connectivity index (χ4v) is 3.14. The van der Waals surface area contributed by atoms with E-state index in [1.165, 1.54) is 0 Å². The maximum atomic E-state index is 12.7. The van der Waals surface area contributed by atoms with Crippen LogP contribution in [0, 0.1) is 6.92 Å². The first-order valence-electron chi connectivity index (χ1n) is 10.5. The zero-order valence-corrected chi connectivity index (χ0v) is 18.1. The second-order valence-corrected chi connectivity index (χ2v) is 7.39. The number of carbonyl (C=O) groups is 2. The molecule has 164 valence electrons. The average molecular weight is 438 g/mol. The van der Waals surface area contributed by atoms with E-state index in [0.717, 1.165) is 16.9 Å². The molecule has 4 rings (SSSR count). The number of carbonyl (C=O) groups excluding carboxylic acids is 2. The van der Waals surface area contributed by atoms with Gasteiger partial charge in [0.05, 0.1) is 5.56 Å². The van der Waals surface area contributed by atoms with E-state index in [4.69, 9.17) is 14.2 Å². The topological polar surface area (TPSA) is 61.8 Å². The lowest BCUT2D eigenvalue weighted by Gasteiger charge is -2.10. The van der Waals surface area contributed by atoms with Crippen LogP contribution >= 0.6 is 0 Å². The van der Waals surface area contributed by atoms with Gasteiger partial charge in [-0.2, -0.15) is 0 Å². The zero-order valence-electron chi connectivity index (χ0n) is 18.1. The molecule has 0 unspecified atom stereocenters. The van der Waals surface area contributed by atoms with Crippen LogP contribution in [0.1, 0.15) is 31.8 Å². The predicted molar refractivity (Wildman–Crippen MR) is 125 cm³/mol. The van der Waals surface area contributed by atoms with Gasteiger partial charge in [-0.25, -0.2) is 9.59 Å². The van der Waals surface area contributed by atoms with E-state index >= 15 is 0 Å². The summed E-state index contributed by atoms with van der Waals surface area (Å²) < 4.78 is 16.7. The molecule has 0 aliphatic carbocycles. The highest BCUT2D eigenvalue weighted by Crippen LogP contribution is 2.22. The zero-order chi connectivity index (χ0) is 23.0. The molecule has 5 heteroatoms. The number of esters is 2. The predicted octanol–water partition coefficient (Wildman–Crippen LogP) is 6.01. The largest absolute Gasteiger partial charge is 0.489 e. The van der Waals surface area contributed by atoms with Gasteiger partial charge in [0.2, 0.25) is 0 Å². The maximum absolute atomic E-state index is 12.7. The lowest BCUT2D eigenvalue weighted by atomic mass is 10.1. The molecule has 4 aromatic rings. The van der Waals surface area contributed by atoms with Crippen molar-refractivity contribution >= 4 is 11.9 Å². The smallest absolute Gasteiger partial charge is 0.347 e. The van der Waals surface area contributed by atoms with Gasteiger partial charge in [-0.15, -0.1) is 0 Å². The van der Waals surface area contributed by atoms with Gasteiger partial charge >= 0.3 is 11.9 Å². The summed E-state index contributed by atoms with van der Waals surface area (Å²) in [5, 5.41) is 0. The number of rotatable bonds is 7. The monoisotopic (exact) mass is 438 g/mol. The second-order valence-electron chi connectivity index (χ2n) is 7.39. The van der Waals surface area contributed by atoms with Crippen molar-refractivity contribution in [3.05, 3.63) is 125 Å². The quantitative estimate of drug-likeness (QED) is 0.261. The number of hydrogen-bond acceptors (Lipinski definition) is 5. The van der Waals surface area contributed by atoms with Gasteiger partial charge in [0.25, 0.3) is 0 Å². The summed E-state index contributed by atoms with van der Waals surface area (Å²) in [7, 11) is 0. The minimum absolute atomic E-state index is 0.135. The SMILES string of the molecule is Cc1cccc(OCc2ccc(C(=O)Oc3ccccc3C(=O)Oc3ccccc3)cc2)c1. The van der Waals surface area contributed by atoms with Crippen molar-refractivity contribution in [3.63, 3.8) is 0 Å². The Morgan fingerprint density at radius 2 is 1.36 bits per heavy atom. The van der Waals surface area contributed by atoms with Crippen LogP contribution in [0.3, 0.4) is 0 Å². The summed E-state index contributed by atoms with van der Waals surface area (Å²) >= 11 is 0. The normalized spacial score (nSPS) is 10.3. The van der Waals surface area contributed by atoms with Gasteiger partial charge in [0.15, 0.2) is 0 Å². The van der Waals surface area contributed by atoms with E-state index in [1.54, 1.807) is 60.7 Å². The first-order valence-corrected chi connectivity index (χ1v) is 10.5. The standard InChI is InChI=1S/C28H22O5/c1-20-8-7-11-24(18-20)31-19-21-14-16-22(17-15-21)27(29)33-26-13-6-5-12-25(26)28(30)32-23-9-3-2-4-10-23/h2-18H,19H2,1H3. The summed E-state index contributed by atoms with van der Waals surface area (Å²) in [5.41, 5.74) is 2.57. The first-order chi connectivity index (χ1) is 16.1. The minimum atomic E-state index is -0.603. The number of aryl methyl sites for hydroxylation is 1. The van der Waals surface area contributed by atoms with Crippen LogP contribution in [0.2, 0.25) is 0 Å². The molecule has 0 aromatic heterocycles.